The number of hydrogen-bond acceptors (Lipinski definition) is 4. The van der Waals surface area contributed by atoms with Crippen molar-refractivity contribution in [3.63, 3.8) is 0 Å². The Kier molecular flexibility index (Phi) is 5.18. The van der Waals surface area contributed by atoms with Gasteiger partial charge < -0.3 is 9.88 Å². The number of aryl methyl sites for hydroxylation is 3. The summed E-state index contributed by atoms with van der Waals surface area (Å²) < 4.78 is 1.94. The first kappa shape index (κ1) is 19.6. The topological polar surface area (TPSA) is 84.3 Å². The van der Waals surface area contributed by atoms with Crippen LogP contribution in [0.1, 0.15) is 48.6 Å². The summed E-state index contributed by atoms with van der Waals surface area (Å²) in [4.78, 5) is 43.5. The predicted octanol–water partition coefficient (Wildman–Crippen LogP) is 3.12. The molecule has 0 aliphatic carbocycles. The molecule has 0 unspecified atom stereocenters. The molecule has 3 aromatic rings. The van der Waals surface area contributed by atoms with E-state index in [1.807, 2.05) is 36.7 Å². The molecule has 30 heavy (non-hydrogen) atoms. The molecule has 1 N–H and O–H groups in total. The summed E-state index contributed by atoms with van der Waals surface area (Å²) in [5.74, 6) is -1.04. The number of hydrogen-bond donors (Lipinski definition) is 1. The second-order valence-corrected chi connectivity index (χ2v) is 7.41. The monoisotopic (exact) mass is 402 g/mol. The second-order valence-electron chi connectivity index (χ2n) is 7.41. The van der Waals surface area contributed by atoms with E-state index in [0.29, 0.717) is 23.4 Å². The highest BCUT2D eigenvalue weighted by Crippen LogP contribution is 2.31. The van der Waals surface area contributed by atoms with Crippen molar-refractivity contribution in [2.45, 2.75) is 26.8 Å². The van der Waals surface area contributed by atoms with Crippen LogP contribution in [0, 0.1) is 13.8 Å². The van der Waals surface area contributed by atoms with Crippen LogP contribution >= 0.6 is 0 Å². The smallest absolute Gasteiger partial charge is 0.266 e. The molecule has 1 aliphatic rings. The number of amides is 3. The third-order valence-corrected chi connectivity index (χ3v) is 5.18. The number of nitrogens with one attached hydrogen (secondary N) is 1. The normalized spacial score (nSPS) is 12.9. The molecule has 7 heteroatoms. The first-order valence-electron chi connectivity index (χ1n) is 9.80. The van der Waals surface area contributed by atoms with Crippen molar-refractivity contribution in [3.05, 3.63) is 82.9 Å². The standard InChI is InChI=1S/C23H22N4O3/c1-15-4-7-20(16(2)12-15)27-22(29)18-6-5-17(13-19(18)23(27)30)21(28)25-8-3-10-26-11-9-24-14-26/h4-7,9,11-14H,3,8,10H2,1-2H3,(H,25,28). The summed E-state index contributed by atoms with van der Waals surface area (Å²) in [6.07, 6.45) is 6.06. The minimum absolute atomic E-state index is 0.256. The molecule has 0 saturated heterocycles. The molecule has 0 spiro atoms. The number of imide groups is 1. The minimum Gasteiger partial charge on any atom is -0.352 e. The van der Waals surface area contributed by atoms with Crippen molar-refractivity contribution in [2.24, 2.45) is 0 Å². The fourth-order valence-electron chi connectivity index (χ4n) is 3.64. The van der Waals surface area contributed by atoms with Crippen molar-refractivity contribution in [3.8, 4) is 0 Å². The van der Waals surface area contributed by atoms with Crippen molar-refractivity contribution >= 4 is 23.4 Å². The lowest BCUT2D eigenvalue weighted by Gasteiger charge is -2.16. The van der Waals surface area contributed by atoms with E-state index in [4.69, 9.17) is 0 Å². The predicted molar refractivity (Wildman–Crippen MR) is 113 cm³/mol. The summed E-state index contributed by atoms with van der Waals surface area (Å²) in [6, 6.07) is 10.2. The van der Waals surface area contributed by atoms with Gasteiger partial charge in [-0.1, -0.05) is 17.7 Å². The largest absolute Gasteiger partial charge is 0.352 e. The van der Waals surface area contributed by atoms with Crippen LogP contribution in [-0.4, -0.2) is 33.8 Å². The van der Waals surface area contributed by atoms with Crippen molar-refractivity contribution in [2.75, 3.05) is 11.4 Å². The zero-order valence-corrected chi connectivity index (χ0v) is 16.9. The van der Waals surface area contributed by atoms with Gasteiger partial charge in [-0.05, 0) is 50.1 Å². The number of fused-ring (bicyclic) bond motifs is 1. The van der Waals surface area contributed by atoms with Gasteiger partial charge in [0.25, 0.3) is 17.7 Å². The van der Waals surface area contributed by atoms with Gasteiger partial charge in [0.15, 0.2) is 0 Å². The first-order valence-corrected chi connectivity index (χ1v) is 9.80. The lowest BCUT2D eigenvalue weighted by molar-refractivity contribution is 0.0923. The van der Waals surface area contributed by atoms with E-state index in [1.165, 1.54) is 11.0 Å². The SMILES string of the molecule is Cc1ccc(N2C(=O)c3ccc(C(=O)NCCCn4ccnc4)cc3C2=O)c(C)c1. The molecule has 152 valence electrons. The van der Waals surface area contributed by atoms with Crippen LogP contribution in [0.4, 0.5) is 5.69 Å². The fourth-order valence-corrected chi connectivity index (χ4v) is 3.64. The molecule has 0 bridgehead atoms. The zero-order valence-electron chi connectivity index (χ0n) is 16.9. The Bertz CT molecular complexity index is 1140. The third-order valence-electron chi connectivity index (χ3n) is 5.18. The molecule has 0 saturated carbocycles. The first-order chi connectivity index (χ1) is 14.5. The number of benzene rings is 2. The minimum atomic E-state index is -0.406. The Labute approximate surface area is 174 Å². The number of nitrogens with zero attached hydrogens (tertiary/aromatic N) is 3. The van der Waals surface area contributed by atoms with Gasteiger partial charge in [0, 0.05) is 31.0 Å². The van der Waals surface area contributed by atoms with Gasteiger partial charge in [-0.2, -0.15) is 0 Å². The maximum atomic E-state index is 13.0. The Morgan fingerprint density at radius 2 is 1.83 bits per heavy atom. The van der Waals surface area contributed by atoms with Crippen LogP contribution in [0.3, 0.4) is 0 Å². The average molecular weight is 402 g/mol. The molecule has 0 radical (unpaired) electrons. The van der Waals surface area contributed by atoms with E-state index < -0.39 is 5.91 Å². The maximum absolute atomic E-state index is 13.0. The van der Waals surface area contributed by atoms with E-state index in [2.05, 4.69) is 10.3 Å². The Morgan fingerprint density at radius 3 is 2.57 bits per heavy atom. The van der Waals surface area contributed by atoms with Crippen LogP contribution in [0.2, 0.25) is 0 Å². The molecular weight excluding hydrogens is 380 g/mol. The molecule has 2 heterocycles. The zero-order chi connectivity index (χ0) is 21.3. The Balaban J connectivity index is 1.48. The molecule has 0 atom stereocenters. The molecule has 2 aromatic carbocycles. The molecule has 1 aromatic heterocycles. The molecular formula is C23H22N4O3. The molecule has 1 aliphatic heterocycles. The van der Waals surface area contributed by atoms with Crippen LogP contribution in [0.15, 0.2) is 55.1 Å². The van der Waals surface area contributed by atoms with Crippen molar-refractivity contribution in [1.82, 2.24) is 14.9 Å². The van der Waals surface area contributed by atoms with E-state index in [0.717, 1.165) is 24.1 Å². The van der Waals surface area contributed by atoms with Gasteiger partial charge in [-0.15, -0.1) is 0 Å². The van der Waals surface area contributed by atoms with Crippen molar-refractivity contribution < 1.29 is 14.4 Å². The highest BCUT2D eigenvalue weighted by Gasteiger charge is 2.37. The summed E-state index contributed by atoms with van der Waals surface area (Å²) in [5.41, 5.74) is 3.40. The fraction of sp³-hybridized carbons (Fsp3) is 0.217. The van der Waals surface area contributed by atoms with Gasteiger partial charge in [0.2, 0.25) is 0 Å². The molecule has 3 amide bonds. The molecule has 7 nitrogen and oxygen atoms in total. The number of imidazole rings is 1. The number of carbonyl (C=O) groups is 3. The number of anilines is 1. The van der Waals surface area contributed by atoms with Gasteiger partial charge in [0.05, 0.1) is 23.1 Å². The van der Waals surface area contributed by atoms with Crippen LogP contribution in [0.25, 0.3) is 0 Å². The quantitative estimate of drug-likeness (QED) is 0.507. The summed E-state index contributed by atoms with van der Waals surface area (Å²) in [6.45, 7) is 5.08. The highest BCUT2D eigenvalue weighted by molar-refractivity contribution is 6.35. The number of rotatable bonds is 6. The number of aromatic nitrogens is 2. The van der Waals surface area contributed by atoms with Gasteiger partial charge >= 0.3 is 0 Å². The number of carbonyl (C=O) groups excluding carboxylic acids is 3. The van der Waals surface area contributed by atoms with E-state index >= 15 is 0 Å². The Morgan fingerprint density at radius 1 is 1.03 bits per heavy atom. The third kappa shape index (κ3) is 3.61. The van der Waals surface area contributed by atoms with E-state index in [-0.39, 0.29) is 17.4 Å². The maximum Gasteiger partial charge on any atom is 0.266 e. The van der Waals surface area contributed by atoms with Crippen LogP contribution in [-0.2, 0) is 6.54 Å². The lowest BCUT2D eigenvalue weighted by Crippen LogP contribution is -2.30. The average Bonchev–Trinajstić information content (AvgIpc) is 3.33. The molecule has 4 rings (SSSR count). The summed E-state index contributed by atoms with van der Waals surface area (Å²) >= 11 is 0. The molecule has 0 fully saturated rings. The van der Waals surface area contributed by atoms with Gasteiger partial charge in [-0.3, -0.25) is 14.4 Å². The van der Waals surface area contributed by atoms with E-state index in [1.54, 1.807) is 30.7 Å². The lowest BCUT2D eigenvalue weighted by atomic mass is 10.1. The second kappa shape index (κ2) is 7.94. The van der Waals surface area contributed by atoms with Crippen LogP contribution in [0.5, 0.6) is 0 Å². The highest BCUT2D eigenvalue weighted by atomic mass is 16.2. The van der Waals surface area contributed by atoms with Gasteiger partial charge in [-0.25, -0.2) is 9.88 Å². The van der Waals surface area contributed by atoms with Gasteiger partial charge in [0.1, 0.15) is 0 Å². The van der Waals surface area contributed by atoms with Crippen LogP contribution < -0.4 is 10.2 Å². The van der Waals surface area contributed by atoms with Crippen molar-refractivity contribution in [1.29, 1.82) is 0 Å². The summed E-state index contributed by atoms with van der Waals surface area (Å²) in [7, 11) is 0. The summed E-state index contributed by atoms with van der Waals surface area (Å²) in [5, 5.41) is 2.85. The Hall–Kier alpha value is -3.74. The van der Waals surface area contributed by atoms with E-state index in [9.17, 15) is 14.4 Å².